The fourth-order valence-corrected chi connectivity index (χ4v) is 5.41. The van der Waals surface area contributed by atoms with Gasteiger partial charge in [0.15, 0.2) is 23.0 Å². The van der Waals surface area contributed by atoms with Gasteiger partial charge in [0.25, 0.3) is 0 Å². The molecule has 4 rings (SSSR count). The van der Waals surface area contributed by atoms with Gasteiger partial charge in [-0.3, -0.25) is 0 Å². The number of rotatable bonds is 13. The number of hydrogen-bond donors (Lipinski definition) is 4. The summed E-state index contributed by atoms with van der Waals surface area (Å²) in [5.41, 5.74) is 4.15. The smallest absolute Gasteiger partial charge is 0.204 e. The summed E-state index contributed by atoms with van der Waals surface area (Å²) in [7, 11) is 9.23. The SMILES string of the molecule is COc1c(CCc2ccc(O)cc2O)cc(-c2cc(CCc3ccc(O)cc3O)c(OC)c(OC)c2OC)c(OC)c1OC. The lowest BCUT2D eigenvalue weighted by molar-refractivity contribution is 0.320. The summed E-state index contributed by atoms with van der Waals surface area (Å²) in [6.07, 6.45) is 1.80. The number of ether oxygens (including phenoxy) is 6. The Morgan fingerprint density at radius 1 is 0.386 bits per heavy atom. The van der Waals surface area contributed by atoms with Crippen LogP contribution in [0.3, 0.4) is 0 Å². The zero-order chi connectivity index (χ0) is 32.0. The fourth-order valence-electron chi connectivity index (χ4n) is 5.41. The second-order valence-electron chi connectivity index (χ2n) is 9.99. The van der Waals surface area contributed by atoms with Gasteiger partial charge in [0.1, 0.15) is 23.0 Å². The second-order valence-corrected chi connectivity index (χ2v) is 9.99. The van der Waals surface area contributed by atoms with E-state index in [1.54, 1.807) is 26.4 Å². The molecule has 234 valence electrons. The van der Waals surface area contributed by atoms with E-state index >= 15 is 0 Å². The summed E-state index contributed by atoms with van der Waals surface area (Å²) in [4.78, 5) is 0. The summed E-state index contributed by atoms with van der Waals surface area (Å²) >= 11 is 0. The van der Waals surface area contributed by atoms with Crippen LogP contribution in [0.2, 0.25) is 0 Å². The van der Waals surface area contributed by atoms with Crippen molar-refractivity contribution >= 4 is 0 Å². The molecule has 10 heteroatoms. The molecule has 0 amide bonds. The molecule has 0 saturated heterocycles. The molecular formula is C34H38O10. The Balaban J connectivity index is 1.89. The number of hydrogen-bond acceptors (Lipinski definition) is 10. The quantitative estimate of drug-likeness (QED) is 0.148. The lowest BCUT2D eigenvalue weighted by atomic mass is 9.92. The molecule has 10 nitrogen and oxygen atoms in total. The number of phenolic OH excluding ortho intramolecular Hbond substituents is 4. The van der Waals surface area contributed by atoms with Crippen molar-refractivity contribution in [2.75, 3.05) is 42.7 Å². The first-order valence-corrected chi connectivity index (χ1v) is 13.9. The Hall–Kier alpha value is -5.12. The normalized spacial score (nSPS) is 10.8. The molecule has 0 aliphatic rings. The van der Waals surface area contributed by atoms with Gasteiger partial charge in [-0.25, -0.2) is 0 Å². The lowest BCUT2D eigenvalue weighted by Gasteiger charge is -2.23. The summed E-state index contributed by atoms with van der Waals surface area (Å²) < 4.78 is 34.9. The molecule has 0 fully saturated rings. The predicted molar refractivity (Wildman–Crippen MR) is 166 cm³/mol. The Kier molecular flexibility index (Phi) is 10.0. The van der Waals surface area contributed by atoms with Crippen LogP contribution in [-0.2, 0) is 25.7 Å². The number of methoxy groups -OCH3 is 6. The fraction of sp³-hybridized carbons (Fsp3) is 0.294. The van der Waals surface area contributed by atoms with Crippen molar-refractivity contribution in [3.05, 3.63) is 70.8 Å². The molecule has 0 unspecified atom stereocenters. The number of phenols is 4. The van der Waals surface area contributed by atoms with Crippen molar-refractivity contribution in [3.63, 3.8) is 0 Å². The van der Waals surface area contributed by atoms with Crippen LogP contribution in [0.1, 0.15) is 22.3 Å². The summed E-state index contributed by atoms with van der Waals surface area (Å²) in [6.45, 7) is 0. The number of aryl methyl sites for hydroxylation is 4. The molecule has 0 aliphatic carbocycles. The van der Waals surface area contributed by atoms with E-state index in [0.29, 0.717) is 82.4 Å². The Labute approximate surface area is 256 Å². The Morgan fingerprint density at radius 2 is 0.705 bits per heavy atom. The maximum Gasteiger partial charge on any atom is 0.204 e. The van der Waals surface area contributed by atoms with Gasteiger partial charge in [-0.1, -0.05) is 12.1 Å². The van der Waals surface area contributed by atoms with Crippen LogP contribution < -0.4 is 28.4 Å². The van der Waals surface area contributed by atoms with Crippen LogP contribution in [0, 0.1) is 0 Å². The van der Waals surface area contributed by atoms with E-state index in [-0.39, 0.29) is 23.0 Å². The first kappa shape index (κ1) is 31.8. The molecule has 4 N–H and O–H groups in total. The zero-order valence-corrected chi connectivity index (χ0v) is 25.7. The molecule has 0 bridgehead atoms. The van der Waals surface area contributed by atoms with E-state index in [4.69, 9.17) is 28.4 Å². The first-order chi connectivity index (χ1) is 21.2. The number of aromatic hydroxyl groups is 4. The standard InChI is InChI=1S/C34H38O10/c1-39-29-21(9-7-19-11-13-23(35)17-27(19)37)15-25(31(41-3)33(29)43-5)26-16-22(30(40-2)34(44-6)32(26)42-4)10-8-20-12-14-24(36)18-28(20)38/h11-18,35-38H,7-10H2,1-6H3. The van der Waals surface area contributed by atoms with Gasteiger partial charge < -0.3 is 48.8 Å². The molecule has 44 heavy (non-hydrogen) atoms. The Morgan fingerprint density at radius 3 is 1.00 bits per heavy atom. The second kappa shape index (κ2) is 13.9. The monoisotopic (exact) mass is 606 g/mol. The maximum atomic E-state index is 10.4. The predicted octanol–water partition coefficient (Wildman–Crippen LogP) is 5.80. The van der Waals surface area contributed by atoms with E-state index in [9.17, 15) is 20.4 Å². The molecule has 0 atom stereocenters. The average Bonchev–Trinajstić information content (AvgIpc) is 3.02. The van der Waals surface area contributed by atoms with Gasteiger partial charge in [-0.05, 0) is 72.2 Å². The molecule has 0 spiro atoms. The minimum atomic E-state index is -0.0193. The molecule has 0 heterocycles. The summed E-state index contributed by atoms with van der Waals surface area (Å²) in [5.74, 6) is 2.49. The average molecular weight is 607 g/mol. The van der Waals surface area contributed by atoms with Crippen LogP contribution in [0.4, 0.5) is 0 Å². The van der Waals surface area contributed by atoms with E-state index in [1.165, 1.54) is 52.7 Å². The highest BCUT2D eigenvalue weighted by atomic mass is 16.5. The molecule has 0 aliphatic heterocycles. The minimum absolute atomic E-state index is 0.00414. The van der Waals surface area contributed by atoms with E-state index in [2.05, 4.69) is 0 Å². The van der Waals surface area contributed by atoms with Crippen molar-refractivity contribution < 1.29 is 48.8 Å². The topological polar surface area (TPSA) is 136 Å². The molecule has 0 saturated carbocycles. The maximum absolute atomic E-state index is 10.4. The third-order valence-electron chi connectivity index (χ3n) is 7.51. The molecule has 0 radical (unpaired) electrons. The van der Waals surface area contributed by atoms with E-state index in [0.717, 1.165) is 11.1 Å². The minimum Gasteiger partial charge on any atom is -0.508 e. The van der Waals surface area contributed by atoms with Crippen LogP contribution >= 0.6 is 0 Å². The van der Waals surface area contributed by atoms with Gasteiger partial charge >= 0.3 is 0 Å². The van der Waals surface area contributed by atoms with Crippen molar-refractivity contribution in [2.45, 2.75) is 25.7 Å². The van der Waals surface area contributed by atoms with Crippen molar-refractivity contribution in [3.8, 4) is 68.6 Å². The highest BCUT2D eigenvalue weighted by molar-refractivity contribution is 5.85. The highest BCUT2D eigenvalue weighted by Crippen LogP contribution is 2.53. The van der Waals surface area contributed by atoms with Crippen LogP contribution in [0.15, 0.2) is 48.5 Å². The van der Waals surface area contributed by atoms with Gasteiger partial charge in [0, 0.05) is 23.3 Å². The van der Waals surface area contributed by atoms with Gasteiger partial charge in [-0.15, -0.1) is 0 Å². The summed E-state index contributed by atoms with van der Waals surface area (Å²) in [6, 6.07) is 12.9. The van der Waals surface area contributed by atoms with Crippen LogP contribution in [0.25, 0.3) is 11.1 Å². The zero-order valence-electron chi connectivity index (χ0n) is 25.7. The molecular weight excluding hydrogens is 568 g/mol. The third-order valence-corrected chi connectivity index (χ3v) is 7.51. The summed E-state index contributed by atoms with van der Waals surface area (Å²) in [5, 5.41) is 40.2. The highest BCUT2D eigenvalue weighted by Gasteiger charge is 2.28. The molecule has 4 aromatic rings. The van der Waals surface area contributed by atoms with E-state index < -0.39 is 0 Å². The molecule has 0 aromatic heterocycles. The third kappa shape index (κ3) is 6.29. The number of benzene rings is 4. The van der Waals surface area contributed by atoms with Crippen LogP contribution in [-0.4, -0.2) is 63.1 Å². The van der Waals surface area contributed by atoms with E-state index in [1.807, 2.05) is 12.1 Å². The van der Waals surface area contributed by atoms with Crippen LogP contribution in [0.5, 0.6) is 57.5 Å². The van der Waals surface area contributed by atoms with Gasteiger partial charge in [0.05, 0.1) is 42.7 Å². The van der Waals surface area contributed by atoms with Crippen molar-refractivity contribution in [2.24, 2.45) is 0 Å². The van der Waals surface area contributed by atoms with Crippen molar-refractivity contribution in [1.29, 1.82) is 0 Å². The lowest BCUT2D eigenvalue weighted by Crippen LogP contribution is -2.05. The van der Waals surface area contributed by atoms with Gasteiger partial charge in [0.2, 0.25) is 11.5 Å². The first-order valence-electron chi connectivity index (χ1n) is 13.9. The van der Waals surface area contributed by atoms with Crippen molar-refractivity contribution in [1.82, 2.24) is 0 Å². The van der Waals surface area contributed by atoms with Gasteiger partial charge in [-0.2, -0.15) is 0 Å². The molecule has 4 aromatic carbocycles. The largest absolute Gasteiger partial charge is 0.508 e. The Bertz CT molecular complexity index is 1510.